The third kappa shape index (κ3) is 4.51. The minimum atomic E-state index is -0.309. The van der Waals surface area contributed by atoms with Gasteiger partial charge in [-0.25, -0.2) is 9.67 Å². The largest absolute Gasteiger partial charge is 0.332 e. The molecule has 1 aromatic carbocycles. The normalized spacial score (nSPS) is 11.1. The zero-order valence-corrected chi connectivity index (χ0v) is 19.4. The summed E-state index contributed by atoms with van der Waals surface area (Å²) < 4.78 is 3.63. The molecule has 0 saturated heterocycles. The molecule has 7 nitrogen and oxygen atoms in total. The Kier molecular flexibility index (Phi) is 6.25. The summed E-state index contributed by atoms with van der Waals surface area (Å²) in [6, 6.07) is 9.73. The lowest BCUT2D eigenvalue weighted by molar-refractivity contribution is -0.131. The number of aryl methyl sites for hydroxylation is 2. The summed E-state index contributed by atoms with van der Waals surface area (Å²) >= 11 is 7.42. The molecule has 0 fully saturated rings. The molecule has 32 heavy (non-hydrogen) atoms. The van der Waals surface area contributed by atoms with Crippen molar-refractivity contribution in [2.24, 2.45) is 0 Å². The Hall–Kier alpha value is -3.23. The van der Waals surface area contributed by atoms with Gasteiger partial charge in [-0.3, -0.25) is 14.2 Å². The zero-order valence-electron chi connectivity index (χ0n) is 17.8. The average Bonchev–Trinajstić information content (AvgIpc) is 3.35. The molecule has 0 unspecified atom stereocenters. The topological polar surface area (TPSA) is 73.0 Å². The predicted octanol–water partition coefficient (Wildman–Crippen LogP) is 4.13. The number of fused-ring (bicyclic) bond motifs is 1. The second-order valence-corrected chi connectivity index (χ2v) is 9.39. The molecular weight excluding hydrogens is 446 g/mol. The summed E-state index contributed by atoms with van der Waals surface area (Å²) in [5.74, 6) is -0.209. The molecule has 0 aliphatic rings. The van der Waals surface area contributed by atoms with Crippen molar-refractivity contribution in [3.05, 3.63) is 86.2 Å². The van der Waals surface area contributed by atoms with Gasteiger partial charge in [0.2, 0.25) is 5.91 Å². The van der Waals surface area contributed by atoms with Crippen LogP contribution in [0, 0.1) is 13.8 Å². The van der Waals surface area contributed by atoms with Gasteiger partial charge in [-0.1, -0.05) is 23.7 Å². The van der Waals surface area contributed by atoms with E-state index in [1.165, 1.54) is 28.4 Å². The van der Waals surface area contributed by atoms with E-state index in [-0.39, 0.29) is 18.0 Å². The van der Waals surface area contributed by atoms with Crippen molar-refractivity contribution < 1.29 is 4.79 Å². The van der Waals surface area contributed by atoms with Crippen molar-refractivity contribution in [1.82, 2.24) is 24.2 Å². The standard InChI is InChI=1S/C23H22ClN5O2S/c1-4-7-27(12-18-5-6-20(24)32-18)21(30)13-28-14-25-22-19(23(28)31)11-26-29(22)17-9-15(2)8-16(3)10-17/h4-6,8-11,14H,1,7,12-13H2,2-3H3. The summed E-state index contributed by atoms with van der Waals surface area (Å²) in [5, 5.41) is 4.73. The minimum absolute atomic E-state index is 0.122. The van der Waals surface area contributed by atoms with E-state index in [0.717, 1.165) is 21.7 Å². The van der Waals surface area contributed by atoms with E-state index >= 15 is 0 Å². The minimum Gasteiger partial charge on any atom is -0.332 e. The van der Waals surface area contributed by atoms with Gasteiger partial charge in [0.15, 0.2) is 5.65 Å². The summed E-state index contributed by atoms with van der Waals surface area (Å²) in [4.78, 5) is 33.0. The number of carbonyl (C=O) groups is 1. The number of carbonyl (C=O) groups excluding carboxylic acids is 1. The Balaban J connectivity index is 1.62. The second-order valence-electron chi connectivity index (χ2n) is 7.59. The van der Waals surface area contributed by atoms with Crippen LogP contribution < -0.4 is 5.56 Å². The lowest BCUT2D eigenvalue weighted by atomic mass is 10.1. The van der Waals surface area contributed by atoms with E-state index in [1.54, 1.807) is 21.7 Å². The van der Waals surface area contributed by atoms with Gasteiger partial charge < -0.3 is 4.90 Å². The monoisotopic (exact) mass is 467 g/mol. The van der Waals surface area contributed by atoms with Crippen molar-refractivity contribution in [1.29, 1.82) is 0 Å². The van der Waals surface area contributed by atoms with E-state index < -0.39 is 0 Å². The maximum absolute atomic E-state index is 13.0. The molecule has 9 heteroatoms. The molecule has 0 spiro atoms. The number of nitrogens with zero attached hydrogens (tertiary/aromatic N) is 5. The predicted molar refractivity (Wildman–Crippen MR) is 128 cm³/mol. The van der Waals surface area contributed by atoms with Gasteiger partial charge in [-0.15, -0.1) is 17.9 Å². The van der Waals surface area contributed by atoms with Crippen LogP contribution in [0.2, 0.25) is 4.34 Å². The van der Waals surface area contributed by atoms with Crippen LogP contribution in [0.4, 0.5) is 0 Å². The highest BCUT2D eigenvalue weighted by Crippen LogP contribution is 2.23. The number of aromatic nitrogens is 4. The van der Waals surface area contributed by atoms with Gasteiger partial charge in [0, 0.05) is 11.4 Å². The summed E-state index contributed by atoms with van der Waals surface area (Å²) in [6.07, 6.45) is 4.56. The molecule has 164 valence electrons. The highest BCUT2D eigenvalue weighted by Gasteiger charge is 2.18. The van der Waals surface area contributed by atoms with Crippen molar-refractivity contribution >= 4 is 39.9 Å². The summed E-state index contributed by atoms with van der Waals surface area (Å²) in [6.45, 7) is 8.39. The van der Waals surface area contributed by atoms with E-state index in [0.29, 0.717) is 28.5 Å². The molecule has 0 N–H and O–H groups in total. The molecule has 4 aromatic rings. The van der Waals surface area contributed by atoms with Crippen LogP contribution in [-0.4, -0.2) is 36.7 Å². The van der Waals surface area contributed by atoms with Gasteiger partial charge >= 0.3 is 0 Å². The Bertz CT molecular complexity index is 1350. The van der Waals surface area contributed by atoms with E-state index in [1.807, 2.05) is 32.0 Å². The van der Waals surface area contributed by atoms with Crippen LogP contribution in [0.1, 0.15) is 16.0 Å². The fourth-order valence-electron chi connectivity index (χ4n) is 3.60. The molecule has 0 aliphatic heterocycles. The Morgan fingerprint density at radius 2 is 2.00 bits per heavy atom. The number of hydrogen-bond acceptors (Lipinski definition) is 5. The van der Waals surface area contributed by atoms with Gasteiger partial charge in [0.1, 0.15) is 18.3 Å². The molecule has 3 heterocycles. The first-order chi connectivity index (χ1) is 15.4. The van der Waals surface area contributed by atoms with Crippen LogP contribution in [0.25, 0.3) is 16.7 Å². The maximum atomic E-state index is 13.0. The maximum Gasteiger partial charge on any atom is 0.264 e. The molecule has 0 radical (unpaired) electrons. The number of amides is 1. The Morgan fingerprint density at radius 1 is 1.25 bits per heavy atom. The van der Waals surface area contributed by atoms with Crippen LogP contribution in [-0.2, 0) is 17.9 Å². The first kappa shape index (κ1) is 22.0. The van der Waals surface area contributed by atoms with E-state index in [4.69, 9.17) is 11.6 Å². The molecule has 0 atom stereocenters. The zero-order chi connectivity index (χ0) is 22.8. The van der Waals surface area contributed by atoms with Crippen molar-refractivity contribution in [2.75, 3.05) is 6.54 Å². The second kappa shape index (κ2) is 9.10. The molecular formula is C23H22ClN5O2S. The smallest absolute Gasteiger partial charge is 0.264 e. The van der Waals surface area contributed by atoms with Gasteiger partial charge in [0.05, 0.1) is 22.8 Å². The van der Waals surface area contributed by atoms with Crippen molar-refractivity contribution in [3.63, 3.8) is 0 Å². The third-order valence-electron chi connectivity index (χ3n) is 4.99. The van der Waals surface area contributed by atoms with Crippen LogP contribution >= 0.6 is 22.9 Å². The Morgan fingerprint density at radius 3 is 2.66 bits per heavy atom. The fraction of sp³-hybridized carbons (Fsp3) is 0.217. The first-order valence-corrected chi connectivity index (χ1v) is 11.2. The average molecular weight is 468 g/mol. The molecule has 1 amide bonds. The first-order valence-electron chi connectivity index (χ1n) is 10.0. The number of benzene rings is 1. The van der Waals surface area contributed by atoms with Crippen LogP contribution in [0.15, 0.2) is 60.3 Å². The summed E-state index contributed by atoms with van der Waals surface area (Å²) in [5.41, 5.74) is 3.18. The quantitative estimate of drug-likeness (QED) is 0.383. The van der Waals surface area contributed by atoms with Gasteiger partial charge in [-0.2, -0.15) is 5.10 Å². The number of hydrogen-bond donors (Lipinski definition) is 0. The van der Waals surface area contributed by atoms with E-state index in [2.05, 4.69) is 22.7 Å². The lowest BCUT2D eigenvalue weighted by Gasteiger charge is -2.20. The Labute approximate surface area is 194 Å². The summed E-state index contributed by atoms with van der Waals surface area (Å²) in [7, 11) is 0. The van der Waals surface area contributed by atoms with E-state index in [9.17, 15) is 9.59 Å². The molecule has 4 rings (SSSR count). The number of halogens is 1. The third-order valence-corrected chi connectivity index (χ3v) is 6.20. The highest BCUT2D eigenvalue weighted by atomic mass is 35.5. The molecule has 0 aliphatic carbocycles. The van der Waals surface area contributed by atoms with Crippen molar-refractivity contribution in [3.8, 4) is 5.69 Å². The molecule has 0 saturated carbocycles. The highest BCUT2D eigenvalue weighted by molar-refractivity contribution is 7.16. The number of thiophene rings is 1. The van der Waals surface area contributed by atoms with Crippen LogP contribution in [0.5, 0.6) is 0 Å². The van der Waals surface area contributed by atoms with Gasteiger partial charge in [-0.05, 0) is 49.2 Å². The molecule has 3 aromatic heterocycles. The lowest BCUT2D eigenvalue weighted by Crippen LogP contribution is -2.36. The fourth-order valence-corrected chi connectivity index (χ4v) is 4.71. The van der Waals surface area contributed by atoms with Crippen molar-refractivity contribution in [2.45, 2.75) is 26.9 Å². The van der Waals surface area contributed by atoms with Crippen LogP contribution in [0.3, 0.4) is 0 Å². The molecule has 0 bridgehead atoms. The SMILES string of the molecule is C=CCN(Cc1ccc(Cl)s1)C(=O)Cn1cnc2c(cnn2-c2cc(C)cc(C)c2)c1=O. The number of rotatable bonds is 7. The van der Waals surface area contributed by atoms with Gasteiger partial charge in [0.25, 0.3) is 5.56 Å².